The van der Waals surface area contributed by atoms with Crippen LogP contribution in [-0.4, -0.2) is 11.8 Å². The summed E-state index contributed by atoms with van der Waals surface area (Å²) in [4.78, 5) is 21.1. The zero-order chi connectivity index (χ0) is 16.5. The van der Waals surface area contributed by atoms with Gasteiger partial charge in [-0.2, -0.15) is 0 Å². The molecule has 4 nitrogen and oxygen atoms in total. The highest BCUT2D eigenvalue weighted by molar-refractivity contribution is 5.73. The fourth-order valence-corrected chi connectivity index (χ4v) is 2.72. The second-order valence-electron chi connectivity index (χ2n) is 6.38. The van der Waals surface area contributed by atoms with Gasteiger partial charge in [0.1, 0.15) is 0 Å². The van der Waals surface area contributed by atoms with Gasteiger partial charge in [0, 0.05) is 12.8 Å². The molecule has 4 heteroatoms. The molecule has 0 aromatic rings. The first kappa shape index (κ1) is 20.9. The zero-order valence-corrected chi connectivity index (χ0v) is 14.3. The van der Waals surface area contributed by atoms with Crippen LogP contribution in [0.1, 0.15) is 103 Å². The van der Waals surface area contributed by atoms with Crippen LogP contribution < -0.4 is 11.5 Å². The number of hydrogen-bond donors (Lipinski definition) is 2. The third kappa shape index (κ3) is 18.9. The number of rotatable bonds is 17. The van der Waals surface area contributed by atoms with Crippen LogP contribution in [0.5, 0.6) is 0 Å². The smallest absolute Gasteiger partial charge is 0.217 e. The minimum absolute atomic E-state index is 0.173. The number of carbonyl (C=O) groups is 2. The molecule has 0 heterocycles. The van der Waals surface area contributed by atoms with E-state index in [0.29, 0.717) is 12.8 Å². The fraction of sp³-hybridized carbons (Fsp3) is 0.889. The molecule has 0 aliphatic carbocycles. The summed E-state index contributed by atoms with van der Waals surface area (Å²) in [6.45, 7) is 0. The molecule has 22 heavy (non-hydrogen) atoms. The van der Waals surface area contributed by atoms with Crippen LogP contribution >= 0.6 is 0 Å². The molecule has 0 saturated heterocycles. The van der Waals surface area contributed by atoms with Gasteiger partial charge in [-0.3, -0.25) is 9.59 Å². The lowest BCUT2D eigenvalue weighted by atomic mass is 10.0. The van der Waals surface area contributed by atoms with Crippen molar-refractivity contribution in [2.24, 2.45) is 11.5 Å². The third-order valence-electron chi connectivity index (χ3n) is 4.10. The number of primary amides is 2. The van der Waals surface area contributed by atoms with Gasteiger partial charge in [-0.05, 0) is 12.8 Å². The SMILES string of the molecule is NC(=O)CCCCCCCCCCCCCCCCC(N)=O. The molecule has 0 atom stereocenters. The monoisotopic (exact) mass is 312 g/mol. The predicted octanol–water partition coefficient (Wildman–Crippen LogP) is 4.20. The van der Waals surface area contributed by atoms with Crippen LogP contribution in [0.15, 0.2) is 0 Å². The standard InChI is InChI=1S/C18H36N2O2/c19-17(21)15-13-11-9-7-5-3-1-2-4-6-8-10-12-14-16-18(20)22/h1-16H2,(H2,19,21)(H2,20,22). The predicted molar refractivity (Wildman–Crippen MR) is 92.3 cm³/mol. The average Bonchev–Trinajstić information content (AvgIpc) is 2.46. The quantitative estimate of drug-likeness (QED) is 0.394. The Bertz CT molecular complexity index is 252. The van der Waals surface area contributed by atoms with Crippen molar-refractivity contribution in [3.05, 3.63) is 0 Å². The van der Waals surface area contributed by atoms with Gasteiger partial charge >= 0.3 is 0 Å². The molecule has 0 saturated carbocycles. The summed E-state index contributed by atoms with van der Waals surface area (Å²) < 4.78 is 0. The van der Waals surface area contributed by atoms with Crippen LogP contribution in [0.25, 0.3) is 0 Å². The highest BCUT2D eigenvalue weighted by atomic mass is 16.1. The van der Waals surface area contributed by atoms with E-state index in [4.69, 9.17) is 11.5 Å². The highest BCUT2D eigenvalue weighted by Crippen LogP contribution is 2.13. The van der Waals surface area contributed by atoms with Crippen LogP contribution in [-0.2, 0) is 9.59 Å². The van der Waals surface area contributed by atoms with Crippen LogP contribution in [0.2, 0.25) is 0 Å². The molecule has 0 aromatic carbocycles. The first-order valence-corrected chi connectivity index (χ1v) is 9.19. The normalized spacial score (nSPS) is 10.7. The maximum atomic E-state index is 10.6. The largest absolute Gasteiger partial charge is 0.370 e. The summed E-state index contributed by atoms with van der Waals surface area (Å²) >= 11 is 0. The van der Waals surface area contributed by atoms with Crippen molar-refractivity contribution in [2.75, 3.05) is 0 Å². The minimum Gasteiger partial charge on any atom is -0.370 e. The van der Waals surface area contributed by atoms with Crippen LogP contribution in [0.4, 0.5) is 0 Å². The lowest BCUT2D eigenvalue weighted by molar-refractivity contribution is -0.119. The van der Waals surface area contributed by atoms with Crippen molar-refractivity contribution in [3.8, 4) is 0 Å². The van der Waals surface area contributed by atoms with E-state index >= 15 is 0 Å². The van der Waals surface area contributed by atoms with Crippen molar-refractivity contribution < 1.29 is 9.59 Å². The Balaban J connectivity index is 2.99. The van der Waals surface area contributed by atoms with Crippen LogP contribution in [0, 0.1) is 0 Å². The third-order valence-corrected chi connectivity index (χ3v) is 4.10. The Morgan fingerprint density at radius 2 is 0.591 bits per heavy atom. The molecule has 0 unspecified atom stereocenters. The van der Waals surface area contributed by atoms with E-state index in [-0.39, 0.29) is 11.8 Å². The molecule has 0 radical (unpaired) electrons. The van der Waals surface area contributed by atoms with Gasteiger partial charge < -0.3 is 11.5 Å². The van der Waals surface area contributed by atoms with Gasteiger partial charge in [-0.15, -0.1) is 0 Å². The second-order valence-corrected chi connectivity index (χ2v) is 6.38. The Kier molecular flexibility index (Phi) is 15.5. The summed E-state index contributed by atoms with van der Waals surface area (Å²) in [6, 6.07) is 0. The Hall–Kier alpha value is -1.06. The highest BCUT2D eigenvalue weighted by Gasteiger charge is 1.97. The Morgan fingerprint density at radius 3 is 0.773 bits per heavy atom. The summed E-state index contributed by atoms with van der Waals surface area (Å²) in [5.41, 5.74) is 10.2. The molecule has 0 bridgehead atoms. The van der Waals surface area contributed by atoms with Crippen molar-refractivity contribution in [3.63, 3.8) is 0 Å². The van der Waals surface area contributed by atoms with Gasteiger partial charge in [-0.1, -0.05) is 77.0 Å². The molecule has 4 N–H and O–H groups in total. The molecule has 0 aliphatic heterocycles. The van der Waals surface area contributed by atoms with E-state index in [9.17, 15) is 9.59 Å². The van der Waals surface area contributed by atoms with Gasteiger partial charge in [0.2, 0.25) is 11.8 Å². The first-order valence-electron chi connectivity index (χ1n) is 9.19. The zero-order valence-electron chi connectivity index (χ0n) is 14.3. The molecule has 2 amide bonds. The second kappa shape index (κ2) is 16.3. The maximum Gasteiger partial charge on any atom is 0.217 e. The summed E-state index contributed by atoms with van der Waals surface area (Å²) in [6.07, 6.45) is 18.3. The Labute approximate surface area is 136 Å². The summed E-state index contributed by atoms with van der Waals surface area (Å²) in [7, 11) is 0. The molecule has 0 aliphatic rings. The van der Waals surface area contributed by atoms with E-state index in [1.807, 2.05) is 0 Å². The van der Waals surface area contributed by atoms with Gasteiger partial charge in [0.25, 0.3) is 0 Å². The molecule has 0 spiro atoms. The number of nitrogens with two attached hydrogens (primary N) is 2. The van der Waals surface area contributed by atoms with Crippen molar-refractivity contribution in [2.45, 2.75) is 103 Å². The molecule has 0 fully saturated rings. The van der Waals surface area contributed by atoms with E-state index in [1.54, 1.807) is 0 Å². The van der Waals surface area contributed by atoms with Gasteiger partial charge in [-0.25, -0.2) is 0 Å². The summed E-state index contributed by atoms with van der Waals surface area (Å²) in [5.74, 6) is -0.347. The molecule has 0 aromatic heterocycles. The maximum absolute atomic E-state index is 10.6. The average molecular weight is 312 g/mol. The van der Waals surface area contributed by atoms with Crippen molar-refractivity contribution >= 4 is 11.8 Å². The molecular weight excluding hydrogens is 276 g/mol. The van der Waals surface area contributed by atoms with Crippen molar-refractivity contribution in [1.29, 1.82) is 0 Å². The van der Waals surface area contributed by atoms with Gasteiger partial charge in [0.15, 0.2) is 0 Å². The summed E-state index contributed by atoms with van der Waals surface area (Å²) in [5, 5.41) is 0. The fourth-order valence-electron chi connectivity index (χ4n) is 2.72. The molecular formula is C18H36N2O2. The number of amides is 2. The topological polar surface area (TPSA) is 86.2 Å². The number of carbonyl (C=O) groups excluding carboxylic acids is 2. The van der Waals surface area contributed by atoms with Crippen LogP contribution in [0.3, 0.4) is 0 Å². The lowest BCUT2D eigenvalue weighted by Gasteiger charge is -2.03. The first-order chi connectivity index (χ1) is 10.6. The number of unbranched alkanes of at least 4 members (excludes halogenated alkanes) is 13. The Morgan fingerprint density at radius 1 is 0.409 bits per heavy atom. The molecule has 130 valence electrons. The van der Waals surface area contributed by atoms with E-state index in [0.717, 1.165) is 25.7 Å². The van der Waals surface area contributed by atoms with E-state index < -0.39 is 0 Å². The minimum atomic E-state index is -0.173. The number of hydrogen-bond acceptors (Lipinski definition) is 2. The van der Waals surface area contributed by atoms with Crippen molar-refractivity contribution in [1.82, 2.24) is 0 Å². The van der Waals surface area contributed by atoms with E-state index in [2.05, 4.69) is 0 Å². The lowest BCUT2D eigenvalue weighted by Crippen LogP contribution is -2.09. The van der Waals surface area contributed by atoms with E-state index in [1.165, 1.54) is 64.2 Å². The molecule has 0 rings (SSSR count). The van der Waals surface area contributed by atoms with Gasteiger partial charge in [0.05, 0.1) is 0 Å².